The van der Waals surface area contributed by atoms with Gasteiger partial charge in [0.1, 0.15) is 18.7 Å². The molecule has 0 radical (unpaired) electrons. The zero-order chi connectivity index (χ0) is 26.7. The van der Waals surface area contributed by atoms with Crippen LogP contribution in [0.3, 0.4) is 0 Å². The van der Waals surface area contributed by atoms with Crippen molar-refractivity contribution in [2.24, 2.45) is 0 Å². The highest BCUT2D eigenvalue weighted by molar-refractivity contribution is 7.63. The Kier molecular flexibility index (Phi) is 11.7. The normalized spacial score (nSPS) is 16.4. The van der Waals surface area contributed by atoms with Gasteiger partial charge in [-0.1, -0.05) is 0 Å². The molecule has 36 heavy (non-hydrogen) atoms. The molecule has 1 amide bonds. The minimum atomic E-state index is -0.688. The van der Waals surface area contributed by atoms with Crippen LogP contribution in [0.2, 0.25) is 0 Å². The van der Waals surface area contributed by atoms with E-state index in [4.69, 9.17) is 26.8 Å². The number of hydrogen-bond acceptors (Lipinski definition) is 8. The molecular weight excluding hydrogens is 486 g/mol. The predicted octanol–water partition coefficient (Wildman–Crippen LogP) is 3.27. The number of nitro groups is 1. The fraction of sp³-hybridized carbons (Fsp3) is 0.600. The van der Waals surface area contributed by atoms with E-state index in [-0.39, 0.29) is 43.1 Å². The number of hydrogen-bond donors (Lipinski definition) is 0. The first-order valence-electron chi connectivity index (χ1n) is 12.4. The first-order valence-corrected chi connectivity index (χ1v) is 12.8. The summed E-state index contributed by atoms with van der Waals surface area (Å²) in [5.41, 5.74) is 0.620. The van der Waals surface area contributed by atoms with Crippen molar-refractivity contribution in [1.82, 2.24) is 4.90 Å². The van der Waals surface area contributed by atoms with E-state index in [1.807, 2.05) is 6.92 Å². The van der Waals surface area contributed by atoms with Gasteiger partial charge in [0.15, 0.2) is 6.17 Å². The Bertz CT molecular complexity index is 924. The summed E-state index contributed by atoms with van der Waals surface area (Å²) in [7, 11) is 0. The second-order valence-corrected chi connectivity index (χ2v) is 8.94. The van der Waals surface area contributed by atoms with Crippen LogP contribution in [0.25, 0.3) is 0 Å². The van der Waals surface area contributed by atoms with E-state index in [1.54, 1.807) is 0 Å². The number of benzene rings is 1. The number of likely N-dealkylation sites (tertiary alicyclic amines) is 1. The van der Waals surface area contributed by atoms with Gasteiger partial charge in [-0.3, -0.25) is 19.8 Å². The summed E-state index contributed by atoms with van der Waals surface area (Å²) in [6.45, 7) is 12.2. The third-order valence-corrected chi connectivity index (χ3v) is 7.11. The third kappa shape index (κ3) is 7.22. The van der Waals surface area contributed by atoms with Crippen molar-refractivity contribution >= 4 is 30.2 Å². The molecule has 1 saturated heterocycles. The van der Waals surface area contributed by atoms with Crippen LogP contribution in [-0.4, -0.2) is 78.4 Å². The van der Waals surface area contributed by atoms with Crippen molar-refractivity contribution in [3.05, 3.63) is 50.5 Å². The Labute approximate surface area is 218 Å². The summed E-state index contributed by atoms with van der Waals surface area (Å²) in [4.78, 5) is 38.3. The summed E-state index contributed by atoms with van der Waals surface area (Å²) in [6, 6.07) is 5.76. The number of β-lactam (4-membered cyclic amide) rings is 1. The zero-order valence-corrected chi connectivity index (χ0v) is 22.4. The van der Waals surface area contributed by atoms with Gasteiger partial charge in [0, 0.05) is 25.3 Å². The van der Waals surface area contributed by atoms with Crippen molar-refractivity contribution in [3.8, 4) is 0 Å². The lowest BCUT2D eigenvalue weighted by Crippen LogP contribution is -2.70. The minimum Gasteiger partial charge on any atom is -0.782 e. The van der Waals surface area contributed by atoms with Crippen molar-refractivity contribution in [1.29, 1.82) is 0 Å². The van der Waals surface area contributed by atoms with Gasteiger partial charge in [-0.05, 0) is 51.8 Å². The largest absolute Gasteiger partial charge is 0.782 e. The molecule has 10 nitrogen and oxygen atoms in total. The number of carbonyl (C=O) groups is 2. The molecule has 0 bridgehead atoms. The molecule has 1 unspecified atom stereocenters. The highest BCUT2D eigenvalue weighted by Crippen LogP contribution is 2.35. The Balaban J connectivity index is 2.24. The molecule has 1 atom stereocenters. The third-order valence-electron chi connectivity index (χ3n) is 6.71. The minimum absolute atomic E-state index is 0.0512. The number of amides is 1. The van der Waals surface area contributed by atoms with E-state index < -0.39 is 10.9 Å². The molecule has 1 aromatic carbocycles. The van der Waals surface area contributed by atoms with Gasteiger partial charge in [-0.2, -0.15) is 4.91 Å². The molecule has 0 aliphatic carbocycles. The highest BCUT2D eigenvalue weighted by atomic mass is 32.1. The smallest absolute Gasteiger partial charge is 0.353 e. The Morgan fingerprint density at radius 1 is 1.08 bits per heavy atom. The molecule has 0 N–H and O–H groups in total. The average molecular weight is 524 g/mol. The molecule has 0 saturated carbocycles. The summed E-state index contributed by atoms with van der Waals surface area (Å²) >= 11 is 5.62. The number of rotatable bonds is 16. The molecule has 2 rings (SSSR count). The fourth-order valence-electron chi connectivity index (χ4n) is 4.34. The van der Waals surface area contributed by atoms with E-state index in [1.165, 1.54) is 29.2 Å². The highest BCUT2D eigenvalue weighted by Gasteiger charge is 2.51. The van der Waals surface area contributed by atoms with Gasteiger partial charge >= 0.3 is 5.97 Å². The van der Waals surface area contributed by atoms with Gasteiger partial charge in [-0.15, -0.1) is 0 Å². The van der Waals surface area contributed by atoms with Crippen LogP contribution in [0, 0.1) is 10.1 Å². The molecular formula is C25H37N3O7S. The molecule has 1 aromatic rings. The van der Waals surface area contributed by atoms with Gasteiger partial charge in [0.25, 0.3) is 5.69 Å². The first-order chi connectivity index (χ1) is 17.2. The molecule has 200 valence electrons. The van der Waals surface area contributed by atoms with Gasteiger partial charge < -0.3 is 31.3 Å². The van der Waals surface area contributed by atoms with Crippen LogP contribution >= 0.6 is 0 Å². The second-order valence-electron chi connectivity index (χ2n) is 8.45. The lowest BCUT2D eigenvalue weighted by molar-refractivity contribution is -0.958. The van der Waals surface area contributed by atoms with E-state index in [2.05, 4.69) is 20.8 Å². The van der Waals surface area contributed by atoms with E-state index >= 15 is 0 Å². The maximum Gasteiger partial charge on any atom is 0.353 e. The molecule has 1 aliphatic heterocycles. The van der Waals surface area contributed by atoms with Crippen LogP contribution in [-0.2, 0) is 43.0 Å². The monoisotopic (exact) mass is 523 g/mol. The maximum absolute atomic E-state index is 13.3. The van der Waals surface area contributed by atoms with Crippen molar-refractivity contribution in [3.63, 3.8) is 0 Å². The van der Waals surface area contributed by atoms with E-state index in [9.17, 15) is 19.7 Å². The number of carbonyl (C=O) groups excluding carboxylic acids is 2. The standard InChI is InChI=1S/C25H37N3O7S/c1-5-28(6-2,7-3)22-17-23(29)26(22)24(21(36)13-14-34-16-15-33-8-4)25(30)35-18-19-9-11-20(12-10-19)27(31)32/h9-12,22H,5-8,13-18H2,1-4H3. The van der Waals surface area contributed by atoms with Crippen LogP contribution in [0.15, 0.2) is 34.9 Å². The maximum atomic E-state index is 13.3. The first kappa shape index (κ1) is 29.6. The Hall–Kier alpha value is -2.60. The Morgan fingerprint density at radius 3 is 2.22 bits per heavy atom. The summed E-state index contributed by atoms with van der Waals surface area (Å²) < 4.78 is 17.0. The van der Waals surface area contributed by atoms with Gasteiger partial charge in [-0.25, -0.2) is 4.79 Å². The number of nitro benzene ring substituents is 1. The van der Waals surface area contributed by atoms with E-state index in [0.717, 1.165) is 19.6 Å². The number of esters is 1. The molecule has 0 aromatic heterocycles. The fourth-order valence-corrected chi connectivity index (χ4v) is 4.61. The molecule has 1 fully saturated rings. The van der Waals surface area contributed by atoms with Crippen LogP contribution in [0.1, 0.15) is 46.1 Å². The summed E-state index contributed by atoms with van der Waals surface area (Å²) in [6.07, 6.45) is 0.420. The SMILES string of the molecule is CCOCCOCCC([S-])=C(C(=O)OCc1ccc([N+](=O)[O-])cc1)N1C(=O)CC1[N+](CC)(CC)CC. The van der Waals surface area contributed by atoms with Crippen molar-refractivity contribution in [2.75, 3.05) is 46.1 Å². The lowest BCUT2D eigenvalue weighted by Gasteiger charge is -2.53. The molecule has 1 heterocycles. The average Bonchev–Trinajstić information content (AvgIpc) is 2.88. The number of nitrogens with zero attached hydrogens (tertiary/aromatic N) is 3. The number of ether oxygens (including phenoxy) is 3. The van der Waals surface area contributed by atoms with Crippen LogP contribution in [0.4, 0.5) is 5.69 Å². The van der Waals surface area contributed by atoms with E-state index in [0.29, 0.717) is 41.2 Å². The molecule has 1 aliphatic rings. The quantitative estimate of drug-likeness (QED) is 0.0475. The van der Waals surface area contributed by atoms with Crippen LogP contribution in [0.5, 0.6) is 0 Å². The number of quaternary nitrogens is 1. The lowest BCUT2D eigenvalue weighted by atomic mass is 10.0. The van der Waals surface area contributed by atoms with Crippen LogP contribution < -0.4 is 0 Å². The second kappa shape index (κ2) is 14.2. The summed E-state index contributed by atoms with van der Waals surface area (Å²) in [5.74, 6) is -0.855. The summed E-state index contributed by atoms with van der Waals surface area (Å²) in [5, 5.41) is 10.9. The molecule has 11 heteroatoms. The number of non-ortho nitro benzene ring substituents is 1. The predicted molar refractivity (Wildman–Crippen MR) is 136 cm³/mol. The van der Waals surface area contributed by atoms with Gasteiger partial charge in [0.05, 0.1) is 37.8 Å². The van der Waals surface area contributed by atoms with Crippen molar-refractivity contribution in [2.45, 2.75) is 53.3 Å². The molecule has 0 spiro atoms. The zero-order valence-electron chi connectivity index (χ0n) is 21.6. The van der Waals surface area contributed by atoms with Gasteiger partial charge in [0.2, 0.25) is 5.91 Å². The van der Waals surface area contributed by atoms with Crippen molar-refractivity contribution < 1.29 is 33.2 Å². The topological polar surface area (TPSA) is 108 Å². The Morgan fingerprint density at radius 2 is 1.69 bits per heavy atom.